The van der Waals surface area contributed by atoms with Gasteiger partial charge in [0.2, 0.25) is 0 Å². The minimum atomic E-state index is 0.604. The lowest BCUT2D eigenvalue weighted by Gasteiger charge is -2.04. The first-order chi connectivity index (χ1) is 8.72. The molecule has 0 unspecified atom stereocenters. The highest BCUT2D eigenvalue weighted by atomic mass is 35.5. The van der Waals surface area contributed by atoms with Gasteiger partial charge in [-0.1, -0.05) is 23.2 Å². The summed E-state index contributed by atoms with van der Waals surface area (Å²) in [6.45, 7) is 0.857. The molecule has 1 heterocycles. The number of hydrogen-bond acceptors (Lipinski definition) is 2. The molecule has 1 fully saturated rings. The number of rotatable bonds is 4. The van der Waals surface area contributed by atoms with Crippen LogP contribution in [-0.4, -0.2) is 15.8 Å². The molecule has 0 amide bonds. The quantitative estimate of drug-likeness (QED) is 0.931. The van der Waals surface area contributed by atoms with Gasteiger partial charge in [-0.3, -0.25) is 0 Å². The maximum Gasteiger partial charge on any atom is 0.0832 e. The maximum atomic E-state index is 6.15. The molecule has 1 saturated carbocycles. The van der Waals surface area contributed by atoms with Gasteiger partial charge in [-0.2, -0.15) is 5.10 Å². The normalized spacial score (nSPS) is 15.0. The number of nitrogens with one attached hydrogen (secondary N) is 1. The SMILES string of the molecule is Clc1ccc(-n2cc(CNC3CC3)cn2)c(Cl)c1. The fraction of sp³-hybridized carbons (Fsp3) is 0.308. The van der Waals surface area contributed by atoms with Gasteiger partial charge >= 0.3 is 0 Å². The van der Waals surface area contributed by atoms with E-state index in [9.17, 15) is 0 Å². The van der Waals surface area contributed by atoms with Gasteiger partial charge in [0.1, 0.15) is 0 Å². The van der Waals surface area contributed by atoms with E-state index in [1.807, 2.05) is 24.5 Å². The van der Waals surface area contributed by atoms with Crippen LogP contribution in [0.25, 0.3) is 5.69 Å². The topological polar surface area (TPSA) is 29.9 Å². The van der Waals surface area contributed by atoms with Gasteiger partial charge in [0.15, 0.2) is 0 Å². The molecule has 0 bridgehead atoms. The number of halogens is 2. The minimum absolute atomic E-state index is 0.604. The Morgan fingerprint density at radius 2 is 2.17 bits per heavy atom. The summed E-state index contributed by atoms with van der Waals surface area (Å²) in [6.07, 6.45) is 6.43. The van der Waals surface area contributed by atoms with E-state index in [1.54, 1.807) is 10.7 Å². The molecule has 0 saturated heterocycles. The number of benzene rings is 1. The number of nitrogens with zero attached hydrogens (tertiary/aromatic N) is 2. The van der Waals surface area contributed by atoms with E-state index in [1.165, 1.54) is 12.8 Å². The van der Waals surface area contributed by atoms with E-state index in [0.29, 0.717) is 16.1 Å². The molecule has 1 aliphatic rings. The predicted molar refractivity (Wildman–Crippen MR) is 73.4 cm³/mol. The Morgan fingerprint density at radius 3 is 2.89 bits per heavy atom. The van der Waals surface area contributed by atoms with Crippen molar-refractivity contribution in [3.05, 3.63) is 46.2 Å². The highest BCUT2D eigenvalue weighted by Gasteiger charge is 2.20. The molecule has 3 rings (SSSR count). The molecule has 2 aromatic rings. The molecule has 0 aliphatic heterocycles. The second-order valence-electron chi connectivity index (χ2n) is 4.54. The first kappa shape index (κ1) is 12.0. The van der Waals surface area contributed by atoms with Crippen LogP contribution >= 0.6 is 23.2 Å². The van der Waals surface area contributed by atoms with Crippen molar-refractivity contribution in [3.8, 4) is 5.69 Å². The standard InChI is InChI=1S/C13H13Cl2N3/c14-10-1-4-13(12(15)5-10)18-8-9(7-17-18)6-16-11-2-3-11/h1,4-5,7-8,11,16H,2-3,6H2. The highest BCUT2D eigenvalue weighted by molar-refractivity contribution is 6.35. The lowest BCUT2D eigenvalue weighted by atomic mass is 10.3. The van der Waals surface area contributed by atoms with E-state index in [-0.39, 0.29) is 0 Å². The van der Waals surface area contributed by atoms with Crippen LogP contribution in [0.4, 0.5) is 0 Å². The lowest BCUT2D eigenvalue weighted by molar-refractivity contribution is 0.687. The Bertz CT molecular complexity index is 561. The van der Waals surface area contributed by atoms with E-state index >= 15 is 0 Å². The summed E-state index contributed by atoms with van der Waals surface area (Å²) in [7, 11) is 0. The van der Waals surface area contributed by atoms with Crippen LogP contribution in [0.5, 0.6) is 0 Å². The molecule has 0 spiro atoms. The molecule has 3 nitrogen and oxygen atoms in total. The summed E-state index contributed by atoms with van der Waals surface area (Å²) in [5.74, 6) is 0. The zero-order chi connectivity index (χ0) is 12.5. The first-order valence-corrected chi connectivity index (χ1v) is 6.70. The summed E-state index contributed by atoms with van der Waals surface area (Å²) in [4.78, 5) is 0. The molecule has 1 aromatic heterocycles. The van der Waals surface area contributed by atoms with E-state index in [4.69, 9.17) is 23.2 Å². The molecular formula is C13H13Cl2N3. The summed E-state index contributed by atoms with van der Waals surface area (Å²) >= 11 is 12.0. The van der Waals surface area contributed by atoms with Crippen molar-refractivity contribution in [2.24, 2.45) is 0 Å². The van der Waals surface area contributed by atoms with Gasteiger partial charge < -0.3 is 5.32 Å². The van der Waals surface area contributed by atoms with Crippen LogP contribution in [0.2, 0.25) is 10.0 Å². The molecule has 1 aliphatic carbocycles. The van der Waals surface area contributed by atoms with Crippen molar-refractivity contribution in [1.29, 1.82) is 0 Å². The third-order valence-corrected chi connectivity index (χ3v) is 3.50. The minimum Gasteiger partial charge on any atom is -0.310 e. The summed E-state index contributed by atoms with van der Waals surface area (Å²) in [6, 6.07) is 6.11. The zero-order valence-electron chi connectivity index (χ0n) is 9.74. The second kappa shape index (κ2) is 4.92. The molecule has 1 aromatic carbocycles. The summed E-state index contributed by atoms with van der Waals surface area (Å²) in [5.41, 5.74) is 2.01. The van der Waals surface area contributed by atoms with Crippen LogP contribution in [0, 0.1) is 0 Å². The van der Waals surface area contributed by atoms with Gasteiger partial charge in [0.05, 0.1) is 16.9 Å². The predicted octanol–water partition coefficient (Wildman–Crippen LogP) is 3.43. The van der Waals surface area contributed by atoms with Crippen LogP contribution < -0.4 is 5.32 Å². The van der Waals surface area contributed by atoms with Gasteiger partial charge in [-0.15, -0.1) is 0 Å². The lowest BCUT2D eigenvalue weighted by Crippen LogP contribution is -2.14. The third kappa shape index (κ3) is 2.69. The Balaban J connectivity index is 1.78. The van der Waals surface area contributed by atoms with Gasteiger partial charge in [0.25, 0.3) is 0 Å². The van der Waals surface area contributed by atoms with Crippen molar-refractivity contribution in [2.75, 3.05) is 0 Å². The van der Waals surface area contributed by atoms with E-state index < -0.39 is 0 Å². The van der Waals surface area contributed by atoms with Gasteiger partial charge in [-0.25, -0.2) is 4.68 Å². The molecule has 0 atom stereocenters. The molecule has 0 radical (unpaired) electrons. The van der Waals surface area contributed by atoms with Crippen molar-refractivity contribution in [2.45, 2.75) is 25.4 Å². The molecular weight excluding hydrogens is 269 g/mol. The Kier molecular flexibility index (Phi) is 3.29. The molecule has 5 heteroatoms. The summed E-state index contributed by atoms with van der Waals surface area (Å²) in [5, 5.41) is 9.01. The van der Waals surface area contributed by atoms with Crippen molar-refractivity contribution >= 4 is 23.2 Å². The largest absolute Gasteiger partial charge is 0.310 e. The average Bonchev–Trinajstić information content (AvgIpc) is 3.05. The van der Waals surface area contributed by atoms with Gasteiger partial charge in [-0.05, 0) is 31.0 Å². The van der Waals surface area contributed by atoms with Crippen LogP contribution in [0.1, 0.15) is 18.4 Å². The number of hydrogen-bond donors (Lipinski definition) is 1. The molecule has 94 valence electrons. The Labute approximate surface area is 116 Å². The second-order valence-corrected chi connectivity index (χ2v) is 5.39. The third-order valence-electron chi connectivity index (χ3n) is 2.96. The monoisotopic (exact) mass is 281 g/mol. The van der Waals surface area contributed by atoms with E-state index in [0.717, 1.165) is 17.8 Å². The first-order valence-electron chi connectivity index (χ1n) is 5.95. The van der Waals surface area contributed by atoms with E-state index in [2.05, 4.69) is 10.4 Å². The molecule has 1 N–H and O–H groups in total. The zero-order valence-corrected chi connectivity index (χ0v) is 11.2. The van der Waals surface area contributed by atoms with Crippen molar-refractivity contribution in [3.63, 3.8) is 0 Å². The van der Waals surface area contributed by atoms with Crippen molar-refractivity contribution < 1.29 is 0 Å². The maximum absolute atomic E-state index is 6.15. The smallest absolute Gasteiger partial charge is 0.0832 e. The highest BCUT2D eigenvalue weighted by Crippen LogP contribution is 2.24. The fourth-order valence-electron chi connectivity index (χ4n) is 1.80. The molecule has 18 heavy (non-hydrogen) atoms. The van der Waals surface area contributed by atoms with Crippen LogP contribution in [0.15, 0.2) is 30.6 Å². The summed E-state index contributed by atoms with van der Waals surface area (Å²) < 4.78 is 1.78. The van der Waals surface area contributed by atoms with Crippen LogP contribution in [0.3, 0.4) is 0 Å². The van der Waals surface area contributed by atoms with Crippen LogP contribution in [-0.2, 0) is 6.54 Å². The number of aromatic nitrogens is 2. The fourth-order valence-corrected chi connectivity index (χ4v) is 2.29. The Hall–Kier alpha value is -1.03. The van der Waals surface area contributed by atoms with Crippen molar-refractivity contribution in [1.82, 2.24) is 15.1 Å². The Morgan fingerprint density at radius 1 is 1.33 bits per heavy atom. The van der Waals surface area contributed by atoms with Gasteiger partial charge in [0, 0.05) is 29.4 Å². The average molecular weight is 282 g/mol.